The SMILES string of the molecule is CN1CC(Oc2ccccc2)C[C@H]1C(=O)Nc1ccc(C=NN)cc1.Cl.Cl. The zero-order chi connectivity index (χ0) is 17.6. The van der Waals surface area contributed by atoms with Gasteiger partial charge in [-0.2, -0.15) is 5.10 Å². The second-order valence-electron chi connectivity index (χ2n) is 6.13. The summed E-state index contributed by atoms with van der Waals surface area (Å²) in [4.78, 5) is 14.6. The molecule has 0 bridgehead atoms. The molecule has 2 aromatic rings. The van der Waals surface area contributed by atoms with Crippen molar-refractivity contribution in [1.82, 2.24) is 4.90 Å². The summed E-state index contributed by atoms with van der Waals surface area (Å²) in [7, 11) is 1.94. The average Bonchev–Trinajstić information content (AvgIpc) is 2.98. The number of hydrogen-bond acceptors (Lipinski definition) is 5. The smallest absolute Gasteiger partial charge is 0.241 e. The van der Waals surface area contributed by atoms with Crippen molar-refractivity contribution in [2.45, 2.75) is 18.6 Å². The molecule has 2 aromatic carbocycles. The minimum Gasteiger partial charge on any atom is -0.489 e. The first-order chi connectivity index (χ1) is 12.2. The fourth-order valence-corrected chi connectivity index (χ4v) is 3.00. The van der Waals surface area contributed by atoms with Crippen LogP contribution >= 0.6 is 24.8 Å². The third-order valence-corrected chi connectivity index (χ3v) is 4.26. The Morgan fingerprint density at radius 1 is 1.19 bits per heavy atom. The van der Waals surface area contributed by atoms with Crippen LogP contribution in [0, 0.1) is 0 Å². The van der Waals surface area contributed by atoms with Crippen molar-refractivity contribution >= 4 is 42.6 Å². The number of amides is 1. The molecular formula is C19H24Cl2N4O2. The van der Waals surface area contributed by atoms with E-state index >= 15 is 0 Å². The zero-order valence-corrected chi connectivity index (χ0v) is 16.6. The van der Waals surface area contributed by atoms with Crippen LogP contribution in [-0.4, -0.2) is 42.8 Å². The fourth-order valence-electron chi connectivity index (χ4n) is 3.00. The molecule has 27 heavy (non-hydrogen) atoms. The molecule has 8 heteroatoms. The van der Waals surface area contributed by atoms with Gasteiger partial charge in [0.15, 0.2) is 0 Å². The van der Waals surface area contributed by atoms with E-state index in [9.17, 15) is 4.79 Å². The zero-order valence-electron chi connectivity index (χ0n) is 14.9. The number of benzene rings is 2. The summed E-state index contributed by atoms with van der Waals surface area (Å²) in [6.07, 6.45) is 2.23. The van der Waals surface area contributed by atoms with Crippen LogP contribution in [0.4, 0.5) is 5.69 Å². The van der Waals surface area contributed by atoms with Crippen LogP contribution in [0.1, 0.15) is 12.0 Å². The molecule has 3 N–H and O–H groups in total. The van der Waals surface area contributed by atoms with E-state index in [1.165, 1.54) is 0 Å². The van der Waals surface area contributed by atoms with Gasteiger partial charge in [-0.3, -0.25) is 9.69 Å². The van der Waals surface area contributed by atoms with Gasteiger partial charge in [0, 0.05) is 18.7 Å². The number of nitrogens with one attached hydrogen (secondary N) is 1. The minimum absolute atomic E-state index is 0. The molecule has 2 atom stereocenters. The van der Waals surface area contributed by atoms with Crippen molar-refractivity contribution in [1.29, 1.82) is 0 Å². The predicted molar refractivity (Wildman–Crippen MR) is 113 cm³/mol. The summed E-state index contributed by atoms with van der Waals surface area (Å²) in [5.41, 5.74) is 1.63. The highest BCUT2D eigenvalue weighted by molar-refractivity contribution is 5.95. The summed E-state index contributed by atoms with van der Waals surface area (Å²) >= 11 is 0. The van der Waals surface area contributed by atoms with Crippen LogP contribution in [0.3, 0.4) is 0 Å². The first-order valence-corrected chi connectivity index (χ1v) is 8.22. The number of para-hydroxylation sites is 1. The highest BCUT2D eigenvalue weighted by atomic mass is 35.5. The lowest BCUT2D eigenvalue weighted by molar-refractivity contribution is -0.120. The number of rotatable bonds is 5. The number of ether oxygens (including phenoxy) is 1. The van der Waals surface area contributed by atoms with E-state index in [0.717, 1.165) is 23.5 Å². The number of hydrogen-bond donors (Lipinski definition) is 2. The van der Waals surface area contributed by atoms with Gasteiger partial charge in [0.25, 0.3) is 0 Å². The van der Waals surface area contributed by atoms with Crippen LogP contribution in [-0.2, 0) is 4.79 Å². The van der Waals surface area contributed by atoms with E-state index in [0.29, 0.717) is 6.42 Å². The number of anilines is 1. The average molecular weight is 411 g/mol. The van der Waals surface area contributed by atoms with Crippen molar-refractivity contribution in [2.24, 2.45) is 10.9 Å². The molecule has 1 unspecified atom stereocenters. The Morgan fingerprint density at radius 3 is 2.48 bits per heavy atom. The van der Waals surface area contributed by atoms with E-state index in [1.807, 2.05) is 66.5 Å². The first kappa shape index (κ1) is 22.8. The Labute approximate surface area is 171 Å². The van der Waals surface area contributed by atoms with Gasteiger partial charge < -0.3 is 15.9 Å². The third kappa shape index (κ3) is 6.13. The van der Waals surface area contributed by atoms with E-state index in [2.05, 4.69) is 10.4 Å². The first-order valence-electron chi connectivity index (χ1n) is 8.22. The van der Waals surface area contributed by atoms with Crippen LogP contribution in [0.2, 0.25) is 0 Å². The van der Waals surface area contributed by atoms with Crippen molar-refractivity contribution < 1.29 is 9.53 Å². The van der Waals surface area contributed by atoms with E-state index < -0.39 is 0 Å². The molecule has 0 radical (unpaired) electrons. The Bertz CT molecular complexity index is 741. The van der Waals surface area contributed by atoms with Gasteiger partial charge >= 0.3 is 0 Å². The summed E-state index contributed by atoms with van der Waals surface area (Å²) in [5, 5.41) is 6.44. The van der Waals surface area contributed by atoms with Crippen LogP contribution < -0.4 is 15.9 Å². The quantitative estimate of drug-likeness (QED) is 0.451. The maximum absolute atomic E-state index is 12.6. The number of likely N-dealkylation sites (N-methyl/N-ethyl adjacent to an activating group) is 1. The van der Waals surface area contributed by atoms with Gasteiger partial charge in [0.05, 0.1) is 12.3 Å². The summed E-state index contributed by atoms with van der Waals surface area (Å²) in [5.74, 6) is 5.93. The molecule has 0 aliphatic carbocycles. The van der Waals surface area contributed by atoms with Gasteiger partial charge in [0.1, 0.15) is 11.9 Å². The van der Waals surface area contributed by atoms with E-state index in [-0.39, 0.29) is 42.9 Å². The number of likely N-dealkylation sites (tertiary alicyclic amines) is 1. The molecule has 1 heterocycles. The van der Waals surface area contributed by atoms with E-state index in [1.54, 1.807) is 6.21 Å². The molecule has 146 valence electrons. The van der Waals surface area contributed by atoms with Crippen LogP contribution in [0.5, 0.6) is 5.75 Å². The highest BCUT2D eigenvalue weighted by Gasteiger charge is 2.35. The van der Waals surface area contributed by atoms with Crippen molar-refractivity contribution in [2.75, 3.05) is 18.9 Å². The van der Waals surface area contributed by atoms with Gasteiger partial charge in [-0.05, 0) is 36.9 Å². The standard InChI is InChI=1S/C19H22N4O2.2ClH/c1-23-13-17(25-16-5-3-2-4-6-16)11-18(23)19(24)22-15-9-7-14(8-10-15)12-21-20;;/h2-10,12,17-18H,11,13,20H2,1H3,(H,22,24);2*1H/t17?,18-;;/m0../s1. The topological polar surface area (TPSA) is 80.0 Å². The largest absolute Gasteiger partial charge is 0.489 e. The lowest BCUT2D eigenvalue weighted by Crippen LogP contribution is -2.37. The number of halogens is 2. The lowest BCUT2D eigenvalue weighted by atomic mass is 10.1. The van der Waals surface area contributed by atoms with Gasteiger partial charge in [-0.15, -0.1) is 24.8 Å². The second kappa shape index (κ2) is 10.8. The Morgan fingerprint density at radius 2 is 1.85 bits per heavy atom. The Balaban J connectivity index is 0.00000182. The molecule has 1 saturated heterocycles. The molecular weight excluding hydrogens is 387 g/mol. The molecule has 1 fully saturated rings. The molecule has 0 saturated carbocycles. The van der Waals surface area contributed by atoms with Crippen molar-refractivity contribution in [3.05, 3.63) is 60.2 Å². The Hall–Kier alpha value is -2.28. The van der Waals surface area contributed by atoms with Crippen LogP contribution in [0.25, 0.3) is 0 Å². The lowest BCUT2D eigenvalue weighted by Gasteiger charge is -2.18. The van der Waals surface area contributed by atoms with Crippen molar-refractivity contribution in [3.8, 4) is 5.75 Å². The highest BCUT2D eigenvalue weighted by Crippen LogP contribution is 2.23. The maximum atomic E-state index is 12.6. The van der Waals surface area contributed by atoms with Crippen molar-refractivity contribution in [3.63, 3.8) is 0 Å². The number of nitrogens with two attached hydrogens (primary N) is 1. The minimum atomic E-state index is -0.209. The molecule has 0 spiro atoms. The van der Waals surface area contributed by atoms with Gasteiger partial charge in [0.2, 0.25) is 5.91 Å². The van der Waals surface area contributed by atoms with Gasteiger partial charge in [-0.1, -0.05) is 30.3 Å². The molecule has 1 aliphatic heterocycles. The third-order valence-electron chi connectivity index (χ3n) is 4.26. The molecule has 6 nitrogen and oxygen atoms in total. The number of nitrogens with zero attached hydrogens (tertiary/aromatic N) is 2. The predicted octanol–water partition coefficient (Wildman–Crippen LogP) is 2.91. The van der Waals surface area contributed by atoms with Gasteiger partial charge in [-0.25, -0.2) is 0 Å². The molecule has 1 amide bonds. The number of carbonyl (C=O) groups excluding carboxylic acids is 1. The fraction of sp³-hybridized carbons (Fsp3) is 0.263. The van der Waals surface area contributed by atoms with E-state index in [4.69, 9.17) is 10.6 Å². The summed E-state index contributed by atoms with van der Waals surface area (Å²) < 4.78 is 5.97. The molecule has 3 rings (SSSR count). The van der Waals surface area contributed by atoms with Crippen LogP contribution in [0.15, 0.2) is 59.7 Å². The maximum Gasteiger partial charge on any atom is 0.241 e. The summed E-state index contributed by atoms with van der Waals surface area (Å²) in [6, 6.07) is 16.9. The monoisotopic (exact) mass is 410 g/mol. The summed E-state index contributed by atoms with van der Waals surface area (Å²) in [6.45, 7) is 0.721. The molecule has 1 aliphatic rings. The Kier molecular flexibility index (Phi) is 9.08. The molecule has 0 aromatic heterocycles. The second-order valence-corrected chi connectivity index (χ2v) is 6.13. The number of carbonyl (C=O) groups is 1. The normalized spacial score (nSPS) is 19.1. The number of hydrazone groups is 1.